The Morgan fingerprint density at radius 2 is 2.12 bits per heavy atom. The zero-order valence-electron chi connectivity index (χ0n) is 10.0. The molecule has 3 nitrogen and oxygen atoms in total. The van der Waals surface area contributed by atoms with Crippen molar-refractivity contribution in [3.63, 3.8) is 0 Å². The Balaban J connectivity index is 2.28. The molecule has 0 bridgehead atoms. The van der Waals surface area contributed by atoms with E-state index in [0.29, 0.717) is 19.4 Å². The molecule has 0 aliphatic carbocycles. The largest absolute Gasteiger partial charge is 0.464 e. The standard InChI is InChI=1S/C14H18O3/c1-2-17-14(16)13(15)11-7-6-10-12-8-4-3-5-9-12/h3-6,8-10,13,15H,2,7,11H2,1H3/b10-6+. The molecule has 92 valence electrons. The molecule has 1 rings (SSSR count). The van der Waals surface area contributed by atoms with Gasteiger partial charge in [0.15, 0.2) is 6.10 Å². The van der Waals surface area contributed by atoms with Crippen LogP contribution in [-0.2, 0) is 9.53 Å². The molecule has 0 amide bonds. The maximum absolute atomic E-state index is 11.1. The predicted octanol–water partition coefficient (Wildman–Crippen LogP) is 2.40. The normalized spacial score (nSPS) is 12.6. The number of carbonyl (C=O) groups excluding carboxylic acids is 1. The number of benzene rings is 1. The average molecular weight is 234 g/mol. The summed E-state index contributed by atoms with van der Waals surface area (Å²) in [6.45, 7) is 2.02. The molecular formula is C14H18O3. The fraction of sp³-hybridized carbons (Fsp3) is 0.357. The fourth-order valence-electron chi connectivity index (χ4n) is 1.39. The maximum atomic E-state index is 11.1. The van der Waals surface area contributed by atoms with Gasteiger partial charge in [-0.2, -0.15) is 0 Å². The molecular weight excluding hydrogens is 216 g/mol. The molecule has 1 aromatic carbocycles. The number of esters is 1. The SMILES string of the molecule is CCOC(=O)C(O)CC/C=C/c1ccccc1. The van der Waals surface area contributed by atoms with Gasteiger partial charge < -0.3 is 9.84 Å². The molecule has 3 heteroatoms. The predicted molar refractivity (Wildman–Crippen MR) is 67.3 cm³/mol. The van der Waals surface area contributed by atoms with Crippen molar-refractivity contribution in [2.24, 2.45) is 0 Å². The van der Waals surface area contributed by atoms with Crippen molar-refractivity contribution in [3.05, 3.63) is 42.0 Å². The lowest BCUT2D eigenvalue weighted by Gasteiger charge is -2.07. The van der Waals surface area contributed by atoms with Crippen molar-refractivity contribution in [1.29, 1.82) is 0 Å². The zero-order chi connectivity index (χ0) is 12.5. The Kier molecular flexibility index (Phi) is 6.04. The molecule has 1 N–H and O–H groups in total. The van der Waals surface area contributed by atoms with E-state index in [1.807, 2.05) is 42.5 Å². The van der Waals surface area contributed by atoms with Crippen molar-refractivity contribution in [1.82, 2.24) is 0 Å². The number of hydrogen-bond acceptors (Lipinski definition) is 3. The fourth-order valence-corrected chi connectivity index (χ4v) is 1.39. The molecule has 0 saturated heterocycles. The third-order valence-corrected chi connectivity index (χ3v) is 2.28. The van der Waals surface area contributed by atoms with Crippen LogP contribution >= 0.6 is 0 Å². The summed E-state index contributed by atoms with van der Waals surface area (Å²) in [7, 11) is 0. The van der Waals surface area contributed by atoms with E-state index >= 15 is 0 Å². The number of aliphatic hydroxyl groups is 1. The third kappa shape index (κ3) is 5.31. The smallest absolute Gasteiger partial charge is 0.334 e. The van der Waals surface area contributed by atoms with Crippen molar-refractivity contribution in [3.8, 4) is 0 Å². The van der Waals surface area contributed by atoms with Crippen LogP contribution in [0.4, 0.5) is 0 Å². The number of ether oxygens (including phenoxy) is 1. The summed E-state index contributed by atoms with van der Waals surface area (Å²) in [6, 6.07) is 9.89. The van der Waals surface area contributed by atoms with Crippen LogP contribution in [0.15, 0.2) is 36.4 Å². The van der Waals surface area contributed by atoms with Gasteiger partial charge in [0.1, 0.15) is 0 Å². The molecule has 1 aromatic rings. The molecule has 0 heterocycles. The van der Waals surface area contributed by atoms with Crippen molar-refractivity contribution >= 4 is 12.0 Å². The molecule has 0 aliphatic heterocycles. The molecule has 1 atom stereocenters. The van der Waals surface area contributed by atoms with Gasteiger partial charge in [0.2, 0.25) is 0 Å². The van der Waals surface area contributed by atoms with E-state index in [1.54, 1.807) is 6.92 Å². The van der Waals surface area contributed by atoms with Crippen molar-refractivity contribution in [2.75, 3.05) is 6.61 Å². The second-order valence-corrected chi connectivity index (χ2v) is 3.66. The second kappa shape index (κ2) is 7.63. The van der Waals surface area contributed by atoms with E-state index in [1.165, 1.54) is 0 Å². The summed E-state index contributed by atoms with van der Waals surface area (Å²) in [5.41, 5.74) is 1.11. The minimum absolute atomic E-state index is 0.301. The van der Waals surface area contributed by atoms with Crippen LogP contribution in [0, 0.1) is 0 Å². The van der Waals surface area contributed by atoms with E-state index in [0.717, 1.165) is 5.56 Å². The number of hydrogen-bond donors (Lipinski definition) is 1. The van der Waals surface area contributed by atoms with E-state index in [4.69, 9.17) is 4.74 Å². The lowest BCUT2D eigenvalue weighted by atomic mass is 10.1. The zero-order valence-corrected chi connectivity index (χ0v) is 10.0. The summed E-state index contributed by atoms with van der Waals surface area (Å²) >= 11 is 0. The second-order valence-electron chi connectivity index (χ2n) is 3.66. The number of rotatable bonds is 6. The van der Waals surface area contributed by atoms with E-state index in [9.17, 15) is 9.90 Å². The lowest BCUT2D eigenvalue weighted by Crippen LogP contribution is -2.22. The van der Waals surface area contributed by atoms with E-state index < -0.39 is 12.1 Å². The molecule has 0 fully saturated rings. The number of aliphatic hydroxyl groups excluding tert-OH is 1. The highest BCUT2D eigenvalue weighted by molar-refractivity contribution is 5.74. The van der Waals surface area contributed by atoms with Gasteiger partial charge in [0.25, 0.3) is 0 Å². The first kappa shape index (κ1) is 13.5. The Bertz CT molecular complexity index is 357. The van der Waals surface area contributed by atoms with Gasteiger partial charge in [-0.05, 0) is 25.3 Å². The van der Waals surface area contributed by atoms with Crippen LogP contribution in [0.1, 0.15) is 25.3 Å². The molecule has 0 saturated carbocycles. The van der Waals surface area contributed by atoms with Gasteiger partial charge in [-0.15, -0.1) is 0 Å². The van der Waals surface area contributed by atoms with E-state index in [-0.39, 0.29) is 0 Å². The Labute approximate surface area is 102 Å². The minimum atomic E-state index is -1.02. The van der Waals surface area contributed by atoms with Crippen molar-refractivity contribution in [2.45, 2.75) is 25.9 Å². The summed E-state index contributed by atoms with van der Waals surface area (Å²) in [4.78, 5) is 11.1. The molecule has 0 spiro atoms. The van der Waals surface area contributed by atoms with Crippen LogP contribution < -0.4 is 0 Å². The number of allylic oxidation sites excluding steroid dienone is 1. The maximum Gasteiger partial charge on any atom is 0.334 e. The summed E-state index contributed by atoms with van der Waals surface area (Å²) in [5.74, 6) is -0.541. The molecule has 0 aromatic heterocycles. The van der Waals surface area contributed by atoms with Crippen LogP contribution in [0.5, 0.6) is 0 Å². The van der Waals surface area contributed by atoms with Crippen LogP contribution in [0.3, 0.4) is 0 Å². The molecule has 17 heavy (non-hydrogen) atoms. The summed E-state index contributed by atoms with van der Waals surface area (Å²) in [5, 5.41) is 9.44. The minimum Gasteiger partial charge on any atom is -0.464 e. The first-order chi connectivity index (χ1) is 8.24. The summed E-state index contributed by atoms with van der Waals surface area (Å²) in [6.07, 6.45) is 3.93. The molecule has 1 unspecified atom stereocenters. The average Bonchev–Trinajstić information content (AvgIpc) is 2.36. The van der Waals surface area contributed by atoms with E-state index in [2.05, 4.69) is 0 Å². The Hall–Kier alpha value is -1.61. The highest BCUT2D eigenvalue weighted by Gasteiger charge is 2.14. The monoisotopic (exact) mass is 234 g/mol. The van der Waals surface area contributed by atoms with Gasteiger partial charge in [-0.1, -0.05) is 42.5 Å². The molecule has 0 aliphatic rings. The highest BCUT2D eigenvalue weighted by Crippen LogP contribution is 2.05. The van der Waals surface area contributed by atoms with Crippen LogP contribution in [0.25, 0.3) is 6.08 Å². The topological polar surface area (TPSA) is 46.5 Å². The van der Waals surface area contributed by atoms with Crippen molar-refractivity contribution < 1.29 is 14.6 Å². The lowest BCUT2D eigenvalue weighted by molar-refractivity contribution is -0.153. The third-order valence-electron chi connectivity index (χ3n) is 2.28. The molecule has 0 radical (unpaired) electrons. The summed E-state index contributed by atoms with van der Waals surface area (Å²) < 4.78 is 4.71. The first-order valence-electron chi connectivity index (χ1n) is 5.80. The van der Waals surface area contributed by atoms with Gasteiger partial charge >= 0.3 is 5.97 Å². The van der Waals surface area contributed by atoms with Crippen LogP contribution in [0.2, 0.25) is 0 Å². The Morgan fingerprint density at radius 3 is 2.76 bits per heavy atom. The highest BCUT2D eigenvalue weighted by atomic mass is 16.5. The van der Waals surface area contributed by atoms with Gasteiger partial charge in [-0.25, -0.2) is 4.79 Å². The Morgan fingerprint density at radius 1 is 1.41 bits per heavy atom. The first-order valence-corrected chi connectivity index (χ1v) is 5.80. The van der Waals surface area contributed by atoms with Gasteiger partial charge in [0.05, 0.1) is 6.61 Å². The number of carbonyl (C=O) groups is 1. The quantitative estimate of drug-likeness (QED) is 0.769. The van der Waals surface area contributed by atoms with Gasteiger partial charge in [-0.3, -0.25) is 0 Å². The van der Waals surface area contributed by atoms with Crippen LogP contribution in [-0.4, -0.2) is 23.8 Å². The van der Waals surface area contributed by atoms with Gasteiger partial charge in [0, 0.05) is 0 Å².